The maximum Gasteiger partial charge on any atom is 0.230 e. The zero-order valence-electron chi connectivity index (χ0n) is 15.6. The molecule has 0 bridgehead atoms. The summed E-state index contributed by atoms with van der Waals surface area (Å²) in [5.74, 6) is 0.0112. The molecule has 1 saturated heterocycles. The summed E-state index contributed by atoms with van der Waals surface area (Å²) in [5.41, 5.74) is 0.812. The van der Waals surface area contributed by atoms with Crippen molar-refractivity contribution < 1.29 is 14.4 Å². The van der Waals surface area contributed by atoms with Gasteiger partial charge in [0.25, 0.3) is 0 Å². The molecule has 0 saturated carbocycles. The van der Waals surface area contributed by atoms with Crippen LogP contribution in [0.15, 0.2) is 30.3 Å². The molecule has 2 atom stereocenters. The van der Waals surface area contributed by atoms with Crippen LogP contribution >= 0.6 is 11.8 Å². The third kappa shape index (κ3) is 8.45. The number of hydrogen-bond donors (Lipinski definition) is 4. The zero-order chi connectivity index (χ0) is 19.5. The minimum Gasteiger partial charge on any atom is -0.356 e. The molecule has 8 heteroatoms. The van der Waals surface area contributed by atoms with Crippen LogP contribution in [0.4, 0.5) is 0 Å². The number of benzene rings is 1. The molecule has 0 aromatic heterocycles. The highest BCUT2D eigenvalue weighted by Gasteiger charge is 2.27. The van der Waals surface area contributed by atoms with Crippen LogP contribution in [0.5, 0.6) is 0 Å². The van der Waals surface area contributed by atoms with Crippen LogP contribution in [-0.4, -0.2) is 48.1 Å². The maximum atomic E-state index is 12.1. The summed E-state index contributed by atoms with van der Waals surface area (Å²) >= 11 is 1.32. The van der Waals surface area contributed by atoms with E-state index in [4.69, 9.17) is 0 Å². The molecule has 0 aliphatic carbocycles. The first-order chi connectivity index (χ1) is 13.1. The Balaban J connectivity index is 1.69. The number of rotatable bonds is 10. The SMILES string of the molecule is CCCNC(=O)CSC1NC(=O)CC(CC(=O)NCCc2ccccc2)N1. The lowest BCUT2D eigenvalue weighted by Gasteiger charge is -2.30. The quantitative estimate of drug-likeness (QED) is 0.471. The van der Waals surface area contributed by atoms with E-state index in [1.54, 1.807) is 0 Å². The Kier molecular flexibility index (Phi) is 9.13. The second kappa shape index (κ2) is 11.6. The smallest absolute Gasteiger partial charge is 0.230 e. The van der Waals surface area contributed by atoms with Crippen LogP contribution in [0.3, 0.4) is 0 Å². The molecule has 0 spiro atoms. The number of thioether (sulfide) groups is 1. The fraction of sp³-hybridized carbons (Fsp3) is 0.526. The van der Waals surface area contributed by atoms with E-state index in [-0.39, 0.29) is 47.9 Å². The van der Waals surface area contributed by atoms with Crippen molar-refractivity contribution in [1.82, 2.24) is 21.3 Å². The summed E-state index contributed by atoms with van der Waals surface area (Å²) in [6, 6.07) is 9.73. The van der Waals surface area contributed by atoms with E-state index in [0.717, 1.165) is 12.8 Å². The molecule has 1 heterocycles. The van der Waals surface area contributed by atoms with Gasteiger partial charge in [0.2, 0.25) is 17.7 Å². The Hall–Kier alpha value is -2.06. The average Bonchev–Trinajstić information content (AvgIpc) is 2.65. The van der Waals surface area contributed by atoms with Gasteiger partial charge in [-0.05, 0) is 18.4 Å². The van der Waals surface area contributed by atoms with Crippen molar-refractivity contribution >= 4 is 29.5 Å². The minimum atomic E-state index is -0.360. The normalized spacial score (nSPS) is 19.2. The van der Waals surface area contributed by atoms with E-state index < -0.39 is 0 Å². The van der Waals surface area contributed by atoms with Gasteiger partial charge in [0.1, 0.15) is 5.50 Å². The predicted molar refractivity (Wildman–Crippen MR) is 107 cm³/mol. The molecule has 4 N–H and O–H groups in total. The Labute approximate surface area is 164 Å². The number of carbonyl (C=O) groups is 3. The molecule has 3 amide bonds. The van der Waals surface area contributed by atoms with E-state index in [0.29, 0.717) is 13.1 Å². The highest BCUT2D eigenvalue weighted by molar-refractivity contribution is 8.00. The van der Waals surface area contributed by atoms with Crippen LogP contribution in [0.25, 0.3) is 0 Å². The second-order valence-corrected chi connectivity index (χ2v) is 7.56. The van der Waals surface area contributed by atoms with Gasteiger partial charge in [-0.25, -0.2) is 0 Å². The molecule has 1 aromatic carbocycles. The monoisotopic (exact) mass is 392 g/mol. The van der Waals surface area contributed by atoms with Gasteiger partial charge in [0.15, 0.2) is 0 Å². The Morgan fingerprint density at radius 2 is 1.89 bits per heavy atom. The van der Waals surface area contributed by atoms with Crippen LogP contribution < -0.4 is 21.3 Å². The third-order valence-corrected chi connectivity index (χ3v) is 5.09. The van der Waals surface area contributed by atoms with Crippen molar-refractivity contribution in [2.45, 2.75) is 44.1 Å². The van der Waals surface area contributed by atoms with Crippen LogP contribution in [0.1, 0.15) is 31.7 Å². The van der Waals surface area contributed by atoms with Gasteiger partial charge >= 0.3 is 0 Å². The van der Waals surface area contributed by atoms with Gasteiger partial charge < -0.3 is 16.0 Å². The summed E-state index contributed by atoms with van der Waals surface area (Å²) in [4.78, 5) is 35.7. The maximum absolute atomic E-state index is 12.1. The van der Waals surface area contributed by atoms with E-state index in [2.05, 4.69) is 21.3 Å². The molecule has 1 aliphatic heterocycles. The Morgan fingerprint density at radius 1 is 1.15 bits per heavy atom. The van der Waals surface area contributed by atoms with Crippen molar-refractivity contribution in [3.63, 3.8) is 0 Å². The van der Waals surface area contributed by atoms with Crippen LogP contribution in [-0.2, 0) is 20.8 Å². The molecular formula is C19H28N4O3S. The molecule has 1 fully saturated rings. The van der Waals surface area contributed by atoms with E-state index in [9.17, 15) is 14.4 Å². The largest absolute Gasteiger partial charge is 0.356 e. The fourth-order valence-corrected chi connectivity index (χ4v) is 3.65. The molecule has 7 nitrogen and oxygen atoms in total. The van der Waals surface area contributed by atoms with Crippen molar-refractivity contribution in [2.75, 3.05) is 18.8 Å². The van der Waals surface area contributed by atoms with Gasteiger partial charge in [-0.1, -0.05) is 37.3 Å². The van der Waals surface area contributed by atoms with Gasteiger partial charge in [-0.15, -0.1) is 11.8 Å². The summed E-state index contributed by atoms with van der Waals surface area (Å²) < 4.78 is 0. The first-order valence-corrected chi connectivity index (χ1v) is 10.4. The Bertz CT molecular complexity index is 627. The highest BCUT2D eigenvalue weighted by atomic mass is 32.2. The molecule has 148 valence electrons. The molecule has 2 unspecified atom stereocenters. The molecule has 2 rings (SSSR count). The number of carbonyl (C=O) groups excluding carboxylic acids is 3. The molecular weight excluding hydrogens is 364 g/mol. The van der Waals surface area contributed by atoms with E-state index in [1.807, 2.05) is 37.3 Å². The zero-order valence-corrected chi connectivity index (χ0v) is 16.4. The average molecular weight is 393 g/mol. The lowest BCUT2D eigenvalue weighted by molar-refractivity contribution is -0.125. The van der Waals surface area contributed by atoms with Crippen molar-refractivity contribution in [3.8, 4) is 0 Å². The second-order valence-electron chi connectivity index (χ2n) is 6.47. The third-order valence-electron chi connectivity index (χ3n) is 4.07. The minimum absolute atomic E-state index is 0.0568. The summed E-state index contributed by atoms with van der Waals surface area (Å²) in [5, 5.41) is 11.7. The highest BCUT2D eigenvalue weighted by Crippen LogP contribution is 2.13. The van der Waals surface area contributed by atoms with Gasteiger partial charge in [0, 0.05) is 32.0 Å². The van der Waals surface area contributed by atoms with Gasteiger partial charge in [0.05, 0.1) is 5.75 Å². The number of amides is 3. The standard InChI is InChI=1S/C19H28N4O3S/c1-2-9-20-18(26)13-27-19-22-15(12-17(25)23-19)11-16(24)21-10-8-14-6-4-3-5-7-14/h3-7,15,19,22H,2,8-13H2,1H3,(H,20,26)(H,21,24)(H,23,25). The molecule has 1 aliphatic rings. The Morgan fingerprint density at radius 3 is 2.63 bits per heavy atom. The van der Waals surface area contributed by atoms with Crippen molar-refractivity contribution in [3.05, 3.63) is 35.9 Å². The molecule has 1 aromatic rings. The van der Waals surface area contributed by atoms with E-state index >= 15 is 0 Å². The molecule has 27 heavy (non-hydrogen) atoms. The summed E-state index contributed by atoms with van der Waals surface area (Å²) in [6.07, 6.45) is 2.15. The first kappa shape index (κ1) is 21.2. The van der Waals surface area contributed by atoms with Crippen molar-refractivity contribution in [1.29, 1.82) is 0 Å². The molecule has 0 radical (unpaired) electrons. The van der Waals surface area contributed by atoms with Crippen LogP contribution in [0.2, 0.25) is 0 Å². The number of nitrogens with one attached hydrogen (secondary N) is 4. The number of hydrogen-bond acceptors (Lipinski definition) is 5. The summed E-state index contributed by atoms with van der Waals surface area (Å²) in [6.45, 7) is 3.21. The lowest BCUT2D eigenvalue weighted by Crippen LogP contribution is -2.56. The lowest BCUT2D eigenvalue weighted by atomic mass is 10.1. The van der Waals surface area contributed by atoms with E-state index in [1.165, 1.54) is 17.3 Å². The van der Waals surface area contributed by atoms with Gasteiger partial charge in [-0.3, -0.25) is 19.7 Å². The first-order valence-electron chi connectivity index (χ1n) is 9.31. The topological polar surface area (TPSA) is 99.3 Å². The van der Waals surface area contributed by atoms with Gasteiger partial charge in [-0.2, -0.15) is 0 Å². The summed E-state index contributed by atoms with van der Waals surface area (Å²) in [7, 11) is 0. The van der Waals surface area contributed by atoms with Crippen LogP contribution in [0, 0.1) is 0 Å². The predicted octanol–water partition coefficient (Wildman–Crippen LogP) is 0.757. The van der Waals surface area contributed by atoms with Crippen molar-refractivity contribution in [2.24, 2.45) is 0 Å². The fourth-order valence-electron chi connectivity index (χ4n) is 2.73.